The number of hydrogen-bond donors (Lipinski definition) is 0. The van der Waals surface area contributed by atoms with Gasteiger partial charge in [-0.1, -0.05) is 18.2 Å². The van der Waals surface area contributed by atoms with Crippen molar-refractivity contribution >= 4 is 21.6 Å². The monoisotopic (exact) mass is 426 g/mol. The van der Waals surface area contributed by atoms with Crippen LogP contribution < -0.4 is 9.04 Å². The molecule has 0 aromatic heterocycles. The highest BCUT2D eigenvalue weighted by Gasteiger charge is 2.39. The van der Waals surface area contributed by atoms with Crippen LogP contribution in [0.5, 0.6) is 5.75 Å². The average Bonchev–Trinajstić information content (AvgIpc) is 3.26. The molecule has 6 nitrogen and oxygen atoms in total. The van der Waals surface area contributed by atoms with Crippen molar-refractivity contribution in [3.63, 3.8) is 0 Å². The van der Waals surface area contributed by atoms with Crippen molar-refractivity contribution in [2.75, 3.05) is 23.9 Å². The Morgan fingerprint density at radius 3 is 2.53 bits per heavy atom. The number of ether oxygens (including phenoxy) is 1. The zero-order valence-electron chi connectivity index (χ0n) is 16.9. The maximum atomic E-state index is 13.6. The second-order valence-corrected chi connectivity index (χ2v) is 10.1. The van der Waals surface area contributed by atoms with Crippen LogP contribution in [0.15, 0.2) is 47.4 Å². The number of para-hydroxylation sites is 2. The lowest BCUT2D eigenvalue weighted by molar-refractivity contribution is -0.139. The predicted octanol–water partition coefficient (Wildman–Crippen LogP) is 3.14. The Kier molecular flexibility index (Phi) is 4.93. The molecule has 0 spiro atoms. The van der Waals surface area contributed by atoms with E-state index in [0.717, 1.165) is 44.1 Å². The van der Waals surface area contributed by atoms with E-state index in [1.807, 2.05) is 11.0 Å². The normalized spacial score (nSPS) is 21.0. The van der Waals surface area contributed by atoms with Gasteiger partial charge in [0, 0.05) is 13.1 Å². The van der Waals surface area contributed by atoms with Crippen LogP contribution in [-0.4, -0.2) is 45.0 Å². The summed E-state index contributed by atoms with van der Waals surface area (Å²) in [5, 5.41) is 0. The molecular weight excluding hydrogens is 400 g/mol. The third kappa shape index (κ3) is 3.35. The van der Waals surface area contributed by atoms with Gasteiger partial charge < -0.3 is 9.64 Å². The third-order valence-corrected chi connectivity index (χ3v) is 8.11. The van der Waals surface area contributed by atoms with Crippen molar-refractivity contribution in [3.05, 3.63) is 53.6 Å². The molecule has 0 N–H and O–H groups in total. The van der Waals surface area contributed by atoms with Crippen LogP contribution in [0.1, 0.15) is 36.8 Å². The van der Waals surface area contributed by atoms with Gasteiger partial charge in [0.25, 0.3) is 15.9 Å². The number of amides is 1. The molecule has 2 aromatic rings. The summed E-state index contributed by atoms with van der Waals surface area (Å²) in [4.78, 5) is 15.2. The lowest BCUT2D eigenvalue weighted by atomic mass is 10.1. The fourth-order valence-corrected chi connectivity index (χ4v) is 6.24. The maximum Gasteiger partial charge on any atom is 0.265 e. The highest BCUT2D eigenvalue weighted by atomic mass is 32.2. The van der Waals surface area contributed by atoms with Crippen molar-refractivity contribution in [2.24, 2.45) is 0 Å². The molecule has 1 saturated heterocycles. The van der Waals surface area contributed by atoms with Crippen LogP contribution in [0.2, 0.25) is 0 Å². The summed E-state index contributed by atoms with van der Waals surface area (Å²) in [6, 6.07) is 12.5. The Labute approximate surface area is 177 Å². The van der Waals surface area contributed by atoms with Crippen molar-refractivity contribution in [1.82, 2.24) is 4.90 Å². The average molecular weight is 427 g/mol. The van der Waals surface area contributed by atoms with E-state index in [0.29, 0.717) is 24.5 Å². The van der Waals surface area contributed by atoms with Gasteiger partial charge >= 0.3 is 0 Å². The number of nitrogens with zero attached hydrogens (tertiary/aromatic N) is 2. The second kappa shape index (κ2) is 7.61. The van der Waals surface area contributed by atoms with Gasteiger partial charge in [0.2, 0.25) is 0 Å². The van der Waals surface area contributed by atoms with Crippen LogP contribution in [0.25, 0.3) is 0 Å². The summed E-state index contributed by atoms with van der Waals surface area (Å²) in [6.45, 7) is 1.40. The first-order valence-corrected chi connectivity index (χ1v) is 12.2. The molecule has 1 atom stereocenters. The number of aryl methyl sites for hydroxylation is 2. The molecule has 158 valence electrons. The van der Waals surface area contributed by atoms with Gasteiger partial charge in [-0.05, 0) is 73.9 Å². The lowest BCUT2D eigenvalue weighted by Gasteiger charge is -2.37. The van der Waals surface area contributed by atoms with Gasteiger partial charge in [0.15, 0.2) is 6.10 Å². The smallest absolute Gasteiger partial charge is 0.265 e. The molecule has 0 saturated carbocycles. The number of carbonyl (C=O) groups excluding carboxylic acids is 1. The number of hydrogen-bond acceptors (Lipinski definition) is 4. The topological polar surface area (TPSA) is 66.9 Å². The van der Waals surface area contributed by atoms with E-state index in [1.165, 1.54) is 9.87 Å². The highest BCUT2D eigenvalue weighted by molar-refractivity contribution is 7.92. The quantitative estimate of drug-likeness (QED) is 0.756. The zero-order valence-corrected chi connectivity index (χ0v) is 17.7. The predicted molar refractivity (Wildman–Crippen MR) is 114 cm³/mol. The Morgan fingerprint density at radius 2 is 1.70 bits per heavy atom. The molecule has 5 rings (SSSR count). The number of benzene rings is 2. The number of fused-ring (bicyclic) bond motifs is 2. The number of piperidine rings is 1. The SMILES string of the molecule is O=C(C1CN(S(=O)(=O)c2ccc3c(c2)CCC3)c2ccccc2O1)N1CCCCC1. The number of rotatable bonds is 3. The first kappa shape index (κ1) is 19.4. The molecule has 3 aliphatic rings. The summed E-state index contributed by atoms with van der Waals surface area (Å²) >= 11 is 0. The van der Waals surface area contributed by atoms with Gasteiger partial charge in [0.05, 0.1) is 17.1 Å². The summed E-state index contributed by atoms with van der Waals surface area (Å²) in [6.07, 6.45) is 5.22. The van der Waals surface area contributed by atoms with Gasteiger partial charge in [-0.3, -0.25) is 9.10 Å². The van der Waals surface area contributed by atoms with Crippen molar-refractivity contribution < 1.29 is 17.9 Å². The minimum Gasteiger partial charge on any atom is -0.476 e. The number of anilines is 1. The largest absolute Gasteiger partial charge is 0.476 e. The summed E-state index contributed by atoms with van der Waals surface area (Å²) in [5.41, 5.74) is 2.83. The summed E-state index contributed by atoms with van der Waals surface area (Å²) in [5.74, 6) is 0.308. The number of sulfonamides is 1. The van der Waals surface area contributed by atoms with Crippen LogP contribution in [0, 0.1) is 0 Å². The highest BCUT2D eigenvalue weighted by Crippen LogP contribution is 2.38. The molecule has 2 heterocycles. The van der Waals surface area contributed by atoms with Gasteiger partial charge in [0.1, 0.15) is 5.75 Å². The Hall–Kier alpha value is -2.54. The van der Waals surface area contributed by atoms with Gasteiger partial charge in [-0.25, -0.2) is 8.42 Å². The molecule has 1 unspecified atom stereocenters. The van der Waals surface area contributed by atoms with E-state index >= 15 is 0 Å². The molecule has 1 amide bonds. The molecular formula is C23H26N2O4S. The maximum absolute atomic E-state index is 13.6. The molecule has 30 heavy (non-hydrogen) atoms. The number of carbonyl (C=O) groups is 1. The molecule has 0 radical (unpaired) electrons. The van der Waals surface area contributed by atoms with E-state index in [-0.39, 0.29) is 17.3 Å². The molecule has 7 heteroatoms. The van der Waals surface area contributed by atoms with Gasteiger partial charge in [-0.2, -0.15) is 0 Å². The number of likely N-dealkylation sites (tertiary alicyclic amines) is 1. The minimum atomic E-state index is -3.81. The van der Waals surface area contributed by atoms with E-state index < -0.39 is 16.1 Å². The van der Waals surface area contributed by atoms with Crippen molar-refractivity contribution in [1.29, 1.82) is 0 Å². The van der Waals surface area contributed by atoms with E-state index in [1.54, 1.807) is 36.4 Å². The summed E-state index contributed by atoms with van der Waals surface area (Å²) in [7, 11) is -3.81. The molecule has 1 fully saturated rings. The molecule has 0 bridgehead atoms. The first-order chi connectivity index (χ1) is 14.5. The van der Waals surface area contributed by atoms with Crippen LogP contribution in [0.4, 0.5) is 5.69 Å². The molecule has 1 aliphatic carbocycles. The van der Waals surface area contributed by atoms with E-state index in [9.17, 15) is 13.2 Å². The van der Waals surface area contributed by atoms with Crippen LogP contribution >= 0.6 is 0 Å². The van der Waals surface area contributed by atoms with Crippen molar-refractivity contribution in [2.45, 2.75) is 49.5 Å². The molecule has 2 aliphatic heterocycles. The minimum absolute atomic E-state index is 0.00817. The van der Waals surface area contributed by atoms with Crippen LogP contribution in [-0.2, 0) is 27.7 Å². The fraction of sp³-hybridized carbons (Fsp3) is 0.435. The standard InChI is InChI=1S/C23H26N2O4S/c26-23(24-13-4-1-5-14-24)22-16-25(20-9-2-3-10-21(20)29-22)30(27,28)19-12-11-17-7-6-8-18(17)15-19/h2-3,9-12,15,22H,1,4-8,13-14,16H2. The second-order valence-electron chi connectivity index (χ2n) is 8.28. The van der Waals surface area contributed by atoms with Crippen molar-refractivity contribution in [3.8, 4) is 5.75 Å². The Morgan fingerprint density at radius 1 is 0.933 bits per heavy atom. The zero-order chi connectivity index (χ0) is 20.7. The van der Waals surface area contributed by atoms with E-state index in [4.69, 9.17) is 4.74 Å². The van der Waals surface area contributed by atoms with Crippen LogP contribution in [0.3, 0.4) is 0 Å². The fourth-order valence-electron chi connectivity index (χ4n) is 4.71. The first-order valence-electron chi connectivity index (χ1n) is 10.7. The van der Waals surface area contributed by atoms with Gasteiger partial charge in [-0.15, -0.1) is 0 Å². The summed E-state index contributed by atoms with van der Waals surface area (Å²) < 4.78 is 34.6. The molecule has 2 aromatic carbocycles. The Bertz CT molecular complexity index is 1080. The lowest BCUT2D eigenvalue weighted by Crippen LogP contribution is -2.52. The Balaban J connectivity index is 1.50. The van der Waals surface area contributed by atoms with E-state index in [2.05, 4.69) is 0 Å². The third-order valence-electron chi connectivity index (χ3n) is 6.34.